The molecule has 8 nitrogen and oxygen atoms in total. The summed E-state index contributed by atoms with van der Waals surface area (Å²) in [6, 6.07) is 0. The summed E-state index contributed by atoms with van der Waals surface area (Å²) >= 11 is 0. The van der Waals surface area contributed by atoms with Gasteiger partial charge in [-0.15, -0.1) is 0 Å². The lowest BCUT2D eigenvalue weighted by molar-refractivity contribution is -0.264. The predicted molar refractivity (Wildman–Crippen MR) is 74.2 cm³/mol. The second kappa shape index (κ2) is 6.62. The maximum absolute atomic E-state index is 12.3. The number of hydroxylamine groups is 2. The first-order chi connectivity index (χ1) is 10.1. The van der Waals surface area contributed by atoms with E-state index in [1.165, 1.54) is 21.1 Å². The Labute approximate surface area is 129 Å². The Morgan fingerprint density at radius 2 is 1.82 bits per heavy atom. The molecule has 0 spiro atoms. The van der Waals surface area contributed by atoms with Crippen molar-refractivity contribution in [3.8, 4) is 0 Å². The van der Waals surface area contributed by atoms with Crippen LogP contribution in [-0.2, 0) is 33.4 Å². The van der Waals surface area contributed by atoms with Crippen molar-refractivity contribution in [3.05, 3.63) is 0 Å². The smallest absolute Gasteiger partial charge is 0.335 e. The number of methoxy groups -OCH3 is 2. The van der Waals surface area contributed by atoms with Crippen LogP contribution in [0.25, 0.3) is 0 Å². The van der Waals surface area contributed by atoms with Gasteiger partial charge < -0.3 is 14.2 Å². The number of hydrogen-bond acceptors (Lipinski definition) is 7. The number of rotatable bonds is 4. The third kappa shape index (κ3) is 3.95. The number of carbonyl (C=O) groups is 3. The summed E-state index contributed by atoms with van der Waals surface area (Å²) in [6.45, 7) is 6.67. The zero-order valence-electron chi connectivity index (χ0n) is 13.8. The fraction of sp³-hybridized carbons (Fsp3) is 0.786. The fourth-order valence-electron chi connectivity index (χ4n) is 2.33. The van der Waals surface area contributed by atoms with Crippen LogP contribution in [0, 0.1) is 0 Å². The Morgan fingerprint density at radius 3 is 2.23 bits per heavy atom. The highest BCUT2D eigenvalue weighted by Gasteiger charge is 2.57. The van der Waals surface area contributed by atoms with Crippen molar-refractivity contribution in [1.29, 1.82) is 0 Å². The summed E-state index contributed by atoms with van der Waals surface area (Å²) < 4.78 is 15.0. The normalized spacial score (nSPS) is 25.0. The van der Waals surface area contributed by atoms with Crippen LogP contribution < -0.4 is 0 Å². The Hall–Kier alpha value is -1.67. The number of amides is 1. The van der Waals surface area contributed by atoms with Gasteiger partial charge in [-0.1, -0.05) is 0 Å². The van der Waals surface area contributed by atoms with E-state index < -0.39 is 35.3 Å². The number of hydrogen-bond donors (Lipinski definition) is 0. The summed E-state index contributed by atoms with van der Waals surface area (Å²) in [5.74, 6) is -1.95. The molecular weight excluding hydrogens is 294 g/mol. The lowest BCUT2D eigenvalue weighted by Crippen LogP contribution is -2.53. The van der Waals surface area contributed by atoms with E-state index in [2.05, 4.69) is 4.74 Å². The average molecular weight is 317 g/mol. The van der Waals surface area contributed by atoms with E-state index >= 15 is 0 Å². The van der Waals surface area contributed by atoms with Crippen LogP contribution in [0.4, 0.5) is 0 Å². The SMILES string of the molecule is COC(=O)C[C@@]1(C(=O)OC)C[C@@H](OC(C)(C)C)ON1C(C)=O. The van der Waals surface area contributed by atoms with Gasteiger partial charge in [0.15, 0.2) is 11.8 Å². The van der Waals surface area contributed by atoms with Gasteiger partial charge in [-0.25, -0.2) is 14.7 Å². The van der Waals surface area contributed by atoms with Crippen molar-refractivity contribution < 1.29 is 33.4 Å². The molecule has 1 rings (SSSR count). The lowest BCUT2D eigenvalue weighted by Gasteiger charge is -2.31. The summed E-state index contributed by atoms with van der Waals surface area (Å²) in [5.41, 5.74) is -2.14. The van der Waals surface area contributed by atoms with E-state index in [0.717, 1.165) is 5.06 Å². The largest absolute Gasteiger partial charge is 0.469 e. The molecule has 0 aliphatic carbocycles. The lowest BCUT2D eigenvalue weighted by atomic mass is 9.91. The molecular formula is C14H23NO7. The second-order valence-electron chi connectivity index (χ2n) is 6.06. The van der Waals surface area contributed by atoms with Crippen LogP contribution in [0.15, 0.2) is 0 Å². The summed E-state index contributed by atoms with van der Waals surface area (Å²) in [6.07, 6.45) is -1.25. The summed E-state index contributed by atoms with van der Waals surface area (Å²) in [7, 11) is 2.38. The third-order valence-corrected chi connectivity index (χ3v) is 3.12. The van der Waals surface area contributed by atoms with Gasteiger partial charge in [0, 0.05) is 13.3 Å². The molecule has 22 heavy (non-hydrogen) atoms. The Morgan fingerprint density at radius 1 is 1.23 bits per heavy atom. The monoisotopic (exact) mass is 317 g/mol. The van der Waals surface area contributed by atoms with E-state index in [0.29, 0.717) is 0 Å². The molecule has 1 aliphatic rings. The molecule has 8 heteroatoms. The molecule has 0 saturated carbocycles. The summed E-state index contributed by atoms with van der Waals surface area (Å²) in [4.78, 5) is 41.2. The van der Waals surface area contributed by atoms with Gasteiger partial charge in [-0.3, -0.25) is 9.59 Å². The van der Waals surface area contributed by atoms with Crippen LogP contribution in [0.5, 0.6) is 0 Å². The first kappa shape index (κ1) is 18.4. The standard InChI is InChI=1S/C14H23NO7/c1-9(16)15-14(12(18)20-6,7-10(17)19-5)8-11(22-15)21-13(2,3)4/h11H,7-8H2,1-6H3/t11-,14-/m0/s1. The first-order valence-corrected chi connectivity index (χ1v) is 6.86. The van der Waals surface area contributed by atoms with Gasteiger partial charge in [-0.05, 0) is 20.8 Å². The first-order valence-electron chi connectivity index (χ1n) is 6.86. The molecule has 1 fully saturated rings. The predicted octanol–water partition coefficient (Wildman–Crippen LogP) is 0.786. The topological polar surface area (TPSA) is 91.4 Å². The molecule has 0 N–H and O–H groups in total. The van der Waals surface area contributed by atoms with E-state index in [-0.39, 0.29) is 12.8 Å². The molecule has 0 aromatic rings. The number of nitrogens with zero attached hydrogens (tertiary/aromatic N) is 1. The van der Waals surface area contributed by atoms with Gasteiger partial charge in [0.1, 0.15) is 0 Å². The zero-order chi connectivity index (χ0) is 17.1. The number of carbonyl (C=O) groups excluding carboxylic acids is 3. The fourth-order valence-corrected chi connectivity index (χ4v) is 2.33. The highest BCUT2D eigenvalue weighted by molar-refractivity contribution is 5.91. The molecule has 1 saturated heterocycles. The molecule has 0 aromatic heterocycles. The van der Waals surface area contributed by atoms with Gasteiger partial charge in [0.05, 0.1) is 26.2 Å². The van der Waals surface area contributed by atoms with Crippen molar-refractivity contribution in [2.75, 3.05) is 14.2 Å². The Balaban J connectivity index is 3.16. The summed E-state index contributed by atoms with van der Waals surface area (Å²) in [5, 5.41) is 0.853. The molecule has 0 bridgehead atoms. The van der Waals surface area contributed by atoms with E-state index in [1.807, 2.05) is 20.8 Å². The molecule has 0 radical (unpaired) electrons. The molecule has 2 atom stereocenters. The van der Waals surface area contributed by atoms with Gasteiger partial charge >= 0.3 is 11.9 Å². The quantitative estimate of drug-likeness (QED) is 0.708. The molecule has 0 unspecified atom stereocenters. The van der Waals surface area contributed by atoms with Crippen molar-refractivity contribution in [1.82, 2.24) is 5.06 Å². The minimum atomic E-state index is -1.59. The Kier molecular flexibility index (Phi) is 5.53. The van der Waals surface area contributed by atoms with Gasteiger partial charge in [0.2, 0.25) is 5.91 Å². The molecule has 126 valence electrons. The highest BCUT2D eigenvalue weighted by atomic mass is 16.8. The van der Waals surface area contributed by atoms with Crippen molar-refractivity contribution >= 4 is 17.8 Å². The zero-order valence-corrected chi connectivity index (χ0v) is 13.8. The van der Waals surface area contributed by atoms with Gasteiger partial charge in [0.25, 0.3) is 0 Å². The third-order valence-electron chi connectivity index (χ3n) is 3.12. The van der Waals surface area contributed by atoms with Crippen LogP contribution in [0.2, 0.25) is 0 Å². The average Bonchev–Trinajstić information content (AvgIpc) is 2.75. The van der Waals surface area contributed by atoms with Crippen LogP contribution in [-0.4, -0.2) is 54.6 Å². The second-order valence-corrected chi connectivity index (χ2v) is 6.06. The maximum Gasteiger partial charge on any atom is 0.335 e. The Bertz CT molecular complexity index is 457. The van der Waals surface area contributed by atoms with E-state index in [9.17, 15) is 14.4 Å². The minimum Gasteiger partial charge on any atom is -0.469 e. The van der Waals surface area contributed by atoms with Crippen molar-refractivity contribution in [2.45, 2.75) is 58.0 Å². The molecule has 0 aromatic carbocycles. The van der Waals surface area contributed by atoms with Crippen LogP contribution in [0.3, 0.4) is 0 Å². The number of esters is 2. The highest BCUT2D eigenvalue weighted by Crippen LogP contribution is 2.38. The van der Waals surface area contributed by atoms with Crippen molar-refractivity contribution in [2.24, 2.45) is 0 Å². The van der Waals surface area contributed by atoms with E-state index in [4.69, 9.17) is 14.3 Å². The van der Waals surface area contributed by atoms with Gasteiger partial charge in [-0.2, -0.15) is 0 Å². The molecule has 1 heterocycles. The molecule has 1 aliphatic heterocycles. The van der Waals surface area contributed by atoms with E-state index in [1.54, 1.807) is 0 Å². The number of ether oxygens (including phenoxy) is 3. The maximum atomic E-state index is 12.3. The van der Waals surface area contributed by atoms with Crippen molar-refractivity contribution in [3.63, 3.8) is 0 Å². The minimum absolute atomic E-state index is 0.0222. The molecule has 1 amide bonds. The van der Waals surface area contributed by atoms with Crippen LogP contribution in [0.1, 0.15) is 40.5 Å². The van der Waals surface area contributed by atoms with Crippen LogP contribution >= 0.6 is 0 Å².